The summed E-state index contributed by atoms with van der Waals surface area (Å²) in [5.74, 6) is -1.22. The molecule has 0 aliphatic carbocycles. The third-order valence-corrected chi connectivity index (χ3v) is 8.34. The summed E-state index contributed by atoms with van der Waals surface area (Å²) in [6, 6.07) is 6.42. The van der Waals surface area contributed by atoms with Gasteiger partial charge in [0.05, 0.1) is 6.20 Å². The lowest BCUT2D eigenvalue weighted by Gasteiger charge is -2.36. The summed E-state index contributed by atoms with van der Waals surface area (Å²) in [5.41, 5.74) is 2.96. The molecule has 9 nitrogen and oxygen atoms in total. The van der Waals surface area contributed by atoms with Gasteiger partial charge in [0.2, 0.25) is 5.91 Å². The summed E-state index contributed by atoms with van der Waals surface area (Å²) in [4.78, 5) is 30.4. The van der Waals surface area contributed by atoms with Crippen LogP contribution in [0.25, 0.3) is 11.0 Å². The zero-order valence-electron chi connectivity index (χ0n) is 22.6. The number of halogens is 3. The zero-order valence-corrected chi connectivity index (χ0v) is 24.2. The number of aryl methyl sites for hydroxylation is 2. The normalized spacial score (nSPS) is 18.1. The Bertz CT molecular complexity index is 1630. The summed E-state index contributed by atoms with van der Waals surface area (Å²) in [6.07, 6.45) is 3.56. The number of furan rings is 1. The number of hydrogen-bond acceptors (Lipinski definition) is 6. The number of carbonyl (C=O) groups is 2. The summed E-state index contributed by atoms with van der Waals surface area (Å²) in [6.45, 7) is 5.48. The number of benzene rings is 2. The number of fused-ring (bicyclic) bond motifs is 1. The van der Waals surface area contributed by atoms with Gasteiger partial charge < -0.3 is 19.0 Å². The third-order valence-electron chi connectivity index (χ3n) is 7.89. The molecule has 0 radical (unpaired) electrons. The van der Waals surface area contributed by atoms with Crippen LogP contribution >= 0.6 is 15.9 Å². The highest BCUT2D eigenvalue weighted by atomic mass is 79.9. The Kier molecular flexibility index (Phi) is 7.27. The largest absolute Gasteiger partial charge is 0.487 e. The minimum Gasteiger partial charge on any atom is -0.487 e. The standard InChI is InChI=1S/C29H28BrF2N5O4/c1-16-9-18(30)10-24-17(2)27(41-26(16)24)29(39)35-6-3-22(4-7-35)36-8-5-25(28(36)38)37-14-21(33-34-37)15-40-23-12-19(31)11-20(32)13-23/h9-14,22,25H,3-8,15H2,1-2H3. The lowest BCUT2D eigenvalue weighted by molar-refractivity contribution is -0.133. The van der Waals surface area contributed by atoms with E-state index in [1.165, 1.54) is 4.68 Å². The van der Waals surface area contributed by atoms with Gasteiger partial charge in [0.25, 0.3) is 5.91 Å². The predicted molar refractivity (Wildman–Crippen MR) is 148 cm³/mol. The Balaban J connectivity index is 1.06. The molecule has 4 heterocycles. The predicted octanol–water partition coefficient (Wildman–Crippen LogP) is 5.34. The smallest absolute Gasteiger partial charge is 0.289 e. The Morgan fingerprint density at radius 1 is 1.07 bits per heavy atom. The first kappa shape index (κ1) is 27.4. The van der Waals surface area contributed by atoms with Crippen molar-refractivity contribution in [3.05, 3.63) is 75.2 Å². The molecule has 1 unspecified atom stereocenters. The van der Waals surface area contributed by atoms with E-state index in [2.05, 4.69) is 26.2 Å². The fraction of sp³-hybridized carbons (Fsp3) is 0.379. The average molecular weight is 628 g/mol. The molecule has 2 aromatic heterocycles. The molecule has 2 amide bonds. The molecule has 2 saturated heterocycles. The van der Waals surface area contributed by atoms with Crippen LogP contribution in [0.1, 0.15) is 52.7 Å². The van der Waals surface area contributed by atoms with Crippen molar-refractivity contribution in [1.82, 2.24) is 24.8 Å². The molecule has 2 fully saturated rings. The first-order valence-corrected chi connectivity index (χ1v) is 14.3. The van der Waals surface area contributed by atoms with Gasteiger partial charge in [0, 0.05) is 59.3 Å². The van der Waals surface area contributed by atoms with Gasteiger partial charge in [-0.25, -0.2) is 13.5 Å². The monoisotopic (exact) mass is 627 g/mol. The second kappa shape index (κ2) is 10.9. The molecule has 12 heteroatoms. The van der Waals surface area contributed by atoms with Gasteiger partial charge in [0.1, 0.15) is 41.3 Å². The number of piperidine rings is 1. The van der Waals surface area contributed by atoms with Crippen LogP contribution in [0, 0.1) is 25.5 Å². The van der Waals surface area contributed by atoms with E-state index in [9.17, 15) is 18.4 Å². The molecule has 2 aliphatic heterocycles. The van der Waals surface area contributed by atoms with Crippen molar-refractivity contribution in [3.8, 4) is 5.75 Å². The Morgan fingerprint density at radius 2 is 1.80 bits per heavy atom. The third kappa shape index (κ3) is 5.32. The van der Waals surface area contributed by atoms with Gasteiger partial charge in [-0.2, -0.15) is 0 Å². The van der Waals surface area contributed by atoms with Crippen LogP contribution in [0.4, 0.5) is 8.78 Å². The van der Waals surface area contributed by atoms with Crippen LogP contribution < -0.4 is 4.74 Å². The van der Waals surface area contributed by atoms with Crippen molar-refractivity contribution in [3.63, 3.8) is 0 Å². The maximum Gasteiger partial charge on any atom is 0.289 e. The summed E-state index contributed by atoms with van der Waals surface area (Å²) < 4.78 is 40.7. The molecular formula is C29H28BrF2N5O4. The molecule has 214 valence electrons. The number of amides is 2. The van der Waals surface area contributed by atoms with Crippen LogP contribution in [0.3, 0.4) is 0 Å². The first-order chi connectivity index (χ1) is 19.7. The minimum absolute atomic E-state index is 0.0284. The highest BCUT2D eigenvalue weighted by Gasteiger charge is 2.39. The SMILES string of the molecule is Cc1c(C(=O)N2CCC(N3CCC(n4cc(COc5cc(F)cc(F)c5)nn4)C3=O)CC2)oc2c(C)cc(Br)cc12. The van der Waals surface area contributed by atoms with Crippen LogP contribution in [0.15, 0.2) is 45.4 Å². The number of ether oxygens (including phenoxy) is 1. The second-order valence-corrected chi connectivity index (χ2v) is 11.5. The van der Waals surface area contributed by atoms with Crippen molar-refractivity contribution in [2.45, 2.75) is 51.8 Å². The number of aromatic nitrogens is 3. The second-order valence-electron chi connectivity index (χ2n) is 10.6. The fourth-order valence-corrected chi connectivity index (χ4v) is 6.34. The molecule has 41 heavy (non-hydrogen) atoms. The van der Waals surface area contributed by atoms with Crippen LogP contribution in [0.5, 0.6) is 5.75 Å². The van der Waals surface area contributed by atoms with E-state index in [0.717, 1.165) is 44.8 Å². The Hall–Kier alpha value is -3.80. The molecule has 0 N–H and O–H groups in total. The average Bonchev–Trinajstić information content (AvgIpc) is 3.64. The highest BCUT2D eigenvalue weighted by Crippen LogP contribution is 2.33. The fourth-order valence-electron chi connectivity index (χ4n) is 5.77. The van der Waals surface area contributed by atoms with Gasteiger partial charge >= 0.3 is 0 Å². The van der Waals surface area contributed by atoms with E-state index >= 15 is 0 Å². The van der Waals surface area contributed by atoms with E-state index < -0.39 is 17.7 Å². The topological polar surface area (TPSA) is 93.7 Å². The lowest BCUT2D eigenvalue weighted by Crippen LogP contribution is -2.47. The van der Waals surface area contributed by atoms with Crippen LogP contribution in [-0.4, -0.2) is 62.3 Å². The number of rotatable bonds is 6. The Labute approximate surface area is 243 Å². The van der Waals surface area contributed by atoms with Crippen molar-refractivity contribution in [2.75, 3.05) is 19.6 Å². The van der Waals surface area contributed by atoms with Crippen molar-refractivity contribution >= 4 is 38.7 Å². The number of nitrogens with zero attached hydrogens (tertiary/aromatic N) is 5. The molecule has 6 rings (SSSR count). The number of likely N-dealkylation sites (tertiary alicyclic amines) is 2. The molecule has 0 saturated carbocycles. The summed E-state index contributed by atoms with van der Waals surface area (Å²) >= 11 is 3.52. The lowest BCUT2D eigenvalue weighted by atomic mass is 10.0. The van der Waals surface area contributed by atoms with Gasteiger partial charge in [-0.3, -0.25) is 9.59 Å². The van der Waals surface area contributed by atoms with Crippen molar-refractivity contribution in [1.29, 1.82) is 0 Å². The molecule has 2 aliphatic rings. The molecule has 1 atom stereocenters. The van der Waals surface area contributed by atoms with Crippen LogP contribution in [0.2, 0.25) is 0 Å². The summed E-state index contributed by atoms with van der Waals surface area (Å²) in [5, 5.41) is 9.09. The molecule has 2 aromatic carbocycles. The van der Waals surface area contributed by atoms with E-state index in [4.69, 9.17) is 9.15 Å². The first-order valence-electron chi connectivity index (χ1n) is 13.5. The van der Waals surface area contributed by atoms with Crippen molar-refractivity contribution in [2.24, 2.45) is 0 Å². The minimum atomic E-state index is -0.733. The maximum atomic E-state index is 13.4. The summed E-state index contributed by atoms with van der Waals surface area (Å²) in [7, 11) is 0. The van der Waals surface area contributed by atoms with Crippen LogP contribution in [-0.2, 0) is 11.4 Å². The van der Waals surface area contributed by atoms with E-state index in [0.29, 0.717) is 50.4 Å². The molecular weight excluding hydrogens is 600 g/mol. The molecule has 0 bridgehead atoms. The number of hydrogen-bond donors (Lipinski definition) is 0. The van der Waals surface area contributed by atoms with E-state index in [1.54, 1.807) is 11.1 Å². The van der Waals surface area contributed by atoms with E-state index in [1.807, 2.05) is 30.9 Å². The highest BCUT2D eigenvalue weighted by molar-refractivity contribution is 9.10. The van der Waals surface area contributed by atoms with Gasteiger partial charge in [-0.1, -0.05) is 21.1 Å². The zero-order chi connectivity index (χ0) is 28.8. The molecule has 0 spiro atoms. The van der Waals surface area contributed by atoms with Gasteiger partial charge in [-0.15, -0.1) is 5.10 Å². The van der Waals surface area contributed by atoms with Gasteiger partial charge in [-0.05, 0) is 50.8 Å². The molecule has 4 aromatic rings. The quantitative estimate of drug-likeness (QED) is 0.286. The Morgan fingerprint density at radius 3 is 2.54 bits per heavy atom. The van der Waals surface area contributed by atoms with E-state index in [-0.39, 0.29) is 30.2 Å². The van der Waals surface area contributed by atoms with Gasteiger partial charge in [0.15, 0.2) is 5.76 Å². The van der Waals surface area contributed by atoms with Crippen molar-refractivity contribution < 1.29 is 27.5 Å². The number of carbonyl (C=O) groups excluding carboxylic acids is 2. The maximum absolute atomic E-state index is 13.4.